The molecule has 100 valence electrons. The predicted molar refractivity (Wildman–Crippen MR) is 77.7 cm³/mol. The minimum atomic E-state index is 0.448. The van der Waals surface area contributed by atoms with E-state index in [2.05, 4.69) is 42.0 Å². The molecule has 1 heterocycles. The summed E-state index contributed by atoms with van der Waals surface area (Å²) in [4.78, 5) is 9.35. The first-order chi connectivity index (χ1) is 9.11. The molecule has 0 spiro atoms. The summed E-state index contributed by atoms with van der Waals surface area (Å²) in [6.07, 6.45) is 1.48. The van der Waals surface area contributed by atoms with E-state index in [-0.39, 0.29) is 0 Å². The maximum absolute atomic E-state index is 6.01. The number of rotatable bonds is 4. The molecule has 1 aromatic heterocycles. The van der Waals surface area contributed by atoms with E-state index in [1.807, 2.05) is 6.92 Å². The second kappa shape index (κ2) is 5.93. The molecule has 0 amide bonds. The summed E-state index contributed by atoms with van der Waals surface area (Å²) in [7, 11) is 0. The molecule has 0 aliphatic heterocycles. The zero-order valence-corrected chi connectivity index (χ0v) is 12.1. The van der Waals surface area contributed by atoms with Crippen LogP contribution in [0.3, 0.4) is 0 Å². The molecule has 0 unspecified atom stereocenters. The van der Waals surface area contributed by atoms with Gasteiger partial charge in [0.05, 0.1) is 6.61 Å². The van der Waals surface area contributed by atoms with Crippen LogP contribution in [-0.4, -0.2) is 16.6 Å². The maximum Gasteiger partial charge on any atom is 0.241 e. The van der Waals surface area contributed by atoms with Crippen LogP contribution >= 0.6 is 11.8 Å². The monoisotopic (exact) mass is 275 g/mol. The van der Waals surface area contributed by atoms with E-state index in [1.165, 1.54) is 29.2 Å². The molecule has 0 saturated heterocycles. The fraction of sp³-hybridized carbons (Fsp3) is 0.286. The fourth-order valence-electron chi connectivity index (χ4n) is 1.59. The van der Waals surface area contributed by atoms with Gasteiger partial charge < -0.3 is 10.5 Å². The summed E-state index contributed by atoms with van der Waals surface area (Å²) in [5.41, 5.74) is 9.03. The summed E-state index contributed by atoms with van der Waals surface area (Å²) in [5, 5.41) is 0.724. The van der Waals surface area contributed by atoms with Gasteiger partial charge in [-0.3, -0.25) is 0 Å². The van der Waals surface area contributed by atoms with Crippen LogP contribution in [0.2, 0.25) is 0 Å². The number of aromatic nitrogens is 2. The van der Waals surface area contributed by atoms with E-state index in [9.17, 15) is 0 Å². The third-order valence-electron chi connectivity index (χ3n) is 2.78. The lowest BCUT2D eigenvalue weighted by Gasteiger charge is -2.09. The van der Waals surface area contributed by atoms with Crippen molar-refractivity contribution >= 4 is 17.4 Å². The first-order valence-corrected chi connectivity index (χ1v) is 6.91. The molecule has 19 heavy (non-hydrogen) atoms. The van der Waals surface area contributed by atoms with Crippen LogP contribution < -0.4 is 10.5 Å². The number of ether oxygens (including phenoxy) is 1. The molecule has 4 nitrogen and oxygen atoms in total. The fourth-order valence-corrected chi connectivity index (χ4v) is 2.48. The third kappa shape index (κ3) is 3.17. The van der Waals surface area contributed by atoms with E-state index >= 15 is 0 Å². The van der Waals surface area contributed by atoms with E-state index in [0.717, 1.165) is 9.92 Å². The molecule has 1 aromatic carbocycles. The lowest BCUT2D eigenvalue weighted by Crippen LogP contribution is -2.02. The molecule has 2 N–H and O–H groups in total. The highest BCUT2D eigenvalue weighted by atomic mass is 32.2. The number of nitrogens with zero attached hydrogens (tertiary/aromatic N) is 2. The molecule has 0 aliphatic carbocycles. The Morgan fingerprint density at radius 2 is 2.00 bits per heavy atom. The highest BCUT2D eigenvalue weighted by molar-refractivity contribution is 7.99. The Labute approximate surface area is 117 Å². The van der Waals surface area contributed by atoms with Crippen molar-refractivity contribution in [3.05, 3.63) is 35.7 Å². The Morgan fingerprint density at radius 1 is 1.21 bits per heavy atom. The van der Waals surface area contributed by atoms with Crippen LogP contribution in [-0.2, 0) is 0 Å². The summed E-state index contributed by atoms with van der Waals surface area (Å²) >= 11 is 1.52. The van der Waals surface area contributed by atoms with Crippen LogP contribution in [0.25, 0.3) is 0 Å². The van der Waals surface area contributed by atoms with Crippen molar-refractivity contribution in [2.24, 2.45) is 0 Å². The van der Waals surface area contributed by atoms with Gasteiger partial charge in [0.25, 0.3) is 0 Å². The van der Waals surface area contributed by atoms with Crippen LogP contribution in [0.5, 0.6) is 5.88 Å². The Kier molecular flexibility index (Phi) is 4.27. The summed E-state index contributed by atoms with van der Waals surface area (Å²) < 4.78 is 5.37. The lowest BCUT2D eigenvalue weighted by molar-refractivity contribution is 0.327. The Morgan fingerprint density at radius 3 is 2.68 bits per heavy atom. The smallest absolute Gasteiger partial charge is 0.241 e. The number of nitrogens with two attached hydrogens (primary N) is 1. The van der Waals surface area contributed by atoms with Crippen LogP contribution in [0.4, 0.5) is 5.69 Å². The van der Waals surface area contributed by atoms with Gasteiger partial charge in [-0.25, -0.2) is 4.98 Å². The van der Waals surface area contributed by atoms with Gasteiger partial charge in [-0.2, -0.15) is 4.98 Å². The van der Waals surface area contributed by atoms with Crippen LogP contribution in [0.15, 0.2) is 34.4 Å². The third-order valence-corrected chi connectivity index (χ3v) is 3.79. The summed E-state index contributed by atoms with van der Waals surface area (Å²) in [5.74, 6) is 0.448. The average Bonchev–Trinajstić information content (AvgIpc) is 2.39. The van der Waals surface area contributed by atoms with Gasteiger partial charge in [-0.1, -0.05) is 17.8 Å². The van der Waals surface area contributed by atoms with Crippen molar-refractivity contribution in [2.75, 3.05) is 12.3 Å². The zero-order valence-electron chi connectivity index (χ0n) is 11.3. The largest absolute Gasteiger partial charge is 0.476 e. The second-order valence-electron chi connectivity index (χ2n) is 4.18. The van der Waals surface area contributed by atoms with Crippen molar-refractivity contribution in [3.63, 3.8) is 0 Å². The van der Waals surface area contributed by atoms with E-state index < -0.39 is 0 Å². The van der Waals surface area contributed by atoms with Crippen molar-refractivity contribution < 1.29 is 4.74 Å². The highest BCUT2D eigenvalue weighted by Gasteiger charge is 2.10. The Bertz CT molecular complexity index is 587. The highest BCUT2D eigenvalue weighted by Crippen LogP contribution is 2.34. The zero-order chi connectivity index (χ0) is 13.8. The Hall–Kier alpha value is -1.75. The van der Waals surface area contributed by atoms with E-state index in [4.69, 9.17) is 10.5 Å². The van der Waals surface area contributed by atoms with Crippen LogP contribution in [0.1, 0.15) is 18.1 Å². The molecule has 0 aliphatic rings. The van der Waals surface area contributed by atoms with Crippen molar-refractivity contribution in [1.82, 2.24) is 9.97 Å². The van der Waals surface area contributed by atoms with Gasteiger partial charge >= 0.3 is 0 Å². The molecule has 0 radical (unpaired) electrons. The van der Waals surface area contributed by atoms with Gasteiger partial charge in [0.2, 0.25) is 5.88 Å². The number of hydrogen-bond acceptors (Lipinski definition) is 5. The van der Waals surface area contributed by atoms with Gasteiger partial charge in [-0.05, 0) is 44.0 Å². The molecule has 2 rings (SSSR count). The summed E-state index contributed by atoms with van der Waals surface area (Å²) in [6, 6.07) is 6.29. The van der Waals surface area contributed by atoms with E-state index in [1.54, 1.807) is 0 Å². The molecule has 0 atom stereocenters. The Balaban J connectivity index is 2.27. The SMILES string of the molecule is CCOc1ncnc(Sc2ccc(C)c(C)c2)c1N. The quantitative estimate of drug-likeness (QED) is 0.868. The molecule has 5 heteroatoms. The number of nitrogen functional groups attached to an aromatic ring is 1. The second-order valence-corrected chi connectivity index (χ2v) is 5.24. The van der Waals surface area contributed by atoms with Crippen molar-refractivity contribution in [3.8, 4) is 5.88 Å². The first kappa shape index (κ1) is 13.7. The molecule has 0 fully saturated rings. The molecular formula is C14H17N3OS. The van der Waals surface area contributed by atoms with Crippen LogP contribution in [0, 0.1) is 13.8 Å². The number of benzene rings is 1. The van der Waals surface area contributed by atoms with Gasteiger partial charge in [0.1, 0.15) is 17.0 Å². The number of aryl methyl sites for hydroxylation is 2. The first-order valence-electron chi connectivity index (χ1n) is 6.10. The molecule has 2 aromatic rings. The predicted octanol–water partition coefficient (Wildman–Crippen LogP) is 3.23. The number of hydrogen-bond donors (Lipinski definition) is 1. The molecule has 0 bridgehead atoms. The normalized spacial score (nSPS) is 10.5. The minimum absolute atomic E-state index is 0.448. The van der Waals surface area contributed by atoms with Gasteiger partial charge in [0, 0.05) is 4.90 Å². The molecular weight excluding hydrogens is 258 g/mol. The topological polar surface area (TPSA) is 61.0 Å². The summed E-state index contributed by atoms with van der Waals surface area (Å²) in [6.45, 7) is 6.62. The minimum Gasteiger partial charge on any atom is -0.476 e. The standard InChI is InChI=1S/C14H17N3OS/c1-4-18-13-12(15)14(17-8-16-13)19-11-6-5-9(2)10(3)7-11/h5-8H,4,15H2,1-3H3. The maximum atomic E-state index is 6.01. The van der Waals surface area contributed by atoms with Crippen molar-refractivity contribution in [2.45, 2.75) is 30.7 Å². The van der Waals surface area contributed by atoms with Crippen molar-refractivity contribution in [1.29, 1.82) is 0 Å². The lowest BCUT2D eigenvalue weighted by atomic mass is 10.1. The molecule has 0 saturated carbocycles. The van der Waals surface area contributed by atoms with Gasteiger partial charge in [-0.15, -0.1) is 0 Å². The van der Waals surface area contributed by atoms with E-state index in [0.29, 0.717) is 18.2 Å². The average molecular weight is 275 g/mol. The van der Waals surface area contributed by atoms with Gasteiger partial charge in [0.15, 0.2) is 0 Å². The number of anilines is 1.